The molecule has 0 N–H and O–H groups in total. The smallest absolute Gasteiger partial charge is 0.310 e. The Morgan fingerprint density at radius 2 is 2.18 bits per heavy atom. The van der Waals surface area contributed by atoms with Crippen LogP contribution in [0, 0.1) is 17.1 Å². The van der Waals surface area contributed by atoms with Crippen LogP contribution < -0.4 is 0 Å². The fourth-order valence-corrected chi connectivity index (χ4v) is 1.83. The molecule has 1 rings (SSSR count). The molecule has 90 valence electrons. The topological polar surface area (TPSA) is 50.1 Å². The zero-order chi connectivity index (χ0) is 12.8. The number of carbonyl (C=O) groups is 1. The van der Waals surface area contributed by atoms with Crippen molar-refractivity contribution in [3.05, 3.63) is 34.6 Å². The van der Waals surface area contributed by atoms with Crippen LogP contribution in [0.15, 0.2) is 12.1 Å². The van der Waals surface area contributed by atoms with Crippen LogP contribution in [0.5, 0.6) is 0 Å². The van der Waals surface area contributed by atoms with E-state index in [-0.39, 0.29) is 18.6 Å². The van der Waals surface area contributed by atoms with E-state index in [2.05, 4.69) is 15.9 Å². The minimum atomic E-state index is -0.578. The second-order valence-electron chi connectivity index (χ2n) is 3.30. The van der Waals surface area contributed by atoms with E-state index in [4.69, 9.17) is 10.00 Å². The zero-order valence-corrected chi connectivity index (χ0v) is 10.9. The highest BCUT2D eigenvalue weighted by molar-refractivity contribution is 9.08. The van der Waals surface area contributed by atoms with Crippen molar-refractivity contribution in [2.45, 2.75) is 18.7 Å². The minimum Gasteiger partial charge on any atom is -0.466 e. The highest BCUT2D eigenvalue weighted by atomic mass is 79.9. The van der Waals surface area contributed by atoms with Gasteiger partial charge in [-0.1, -0.05) is 28.1 Å². The second kappa shape index (κ2) is 6.36. The van der Waals surface area contributed by atoms with E-state index in [1.165, 1.54) is 0 Å². The van der Waals surface area contributed by atoms with Gasteiger partial charge in [-0.05, 0) is 18.1 Å². The quantitative estimate of drug-likeness (QED) is 0.634. The van der Waals surface area contributed by atoms with Gasteiger partial charge in [-0.2, -0.15) is 5.26 Å². The van der Waals surface area contributed by atoms with E-state index in [9.17, 15) is 9.18 Å². The first kappa shape index (κ1) is 13.7. The van der Waals surface area contributed by atoms with Crippen LogP contribution in [0.1, 0.15) is 23.6 Å². The van der Waals surface area contributed by atoms with Gasteiger partial charge in [-0.3, -0.25) is 4.79 Å². The predicted molar refractivity (Wildman–Crippen MR) is 64.1 cm³/mol. The molecule has 0 saturated carbocycles. The molecule has 0 aliphatic rings. The molecule has 0 spiro atoms. The molecule has 0 atom stereocenters. The van der Waals surface area contributed by atoms with Gasteiger partial charge in [0.2, 0.25) is 0 Å². The van der Waals surface area contributed by atoms with Crippen molar-refractivity contribution in [3.8, 4) is 6.07 Å². The summed E-state index contributed by atoms with van der Waals surface area (Å²) in [6, 6.07) is 4.92. The van der Waals surface area contributed by atoms with Crippen LogP contribution >= 0.6 is 15.9 Å². The Hall–Kier alpha value is -1.41. The van der Waals surface area contributed by atoms with Crippen molar-refractivity contribution in [2.75, 3.05) is 6.61 Å². The standard InChI is InChI=1S/C12H11BrFNO2/c1-2-17-11(16)5-8-3-4-9(6-13)12(14)10(8)7-15/h3-4H,2,5-6H2,1H3. The molecule has 0 heterocycles. The average molecular weight is 300 g/mol. The predicted octanol–water partition coefficient (Wildman–Crippen LogP) is 2.70. The van der Waals surface area contributed by atoms with Gasteiger partial charge in [-0.15, -0.1) is 0 Å². The Labute approximate surface area is 107 Å². The van der Waals surface area contributed by atoms with E-state index in [0.29, 0.717) is 16.5 Å². The molecule has 0 saturated heterocycles. The van der Waals surface area contributed by atoms with E-state index in [0.717, 1.165) is 0 Å². The lowest BCUT2D eigenvalue weighted by atomic mass is 10.0. The number of carbonyl (C=O) groups excluding carboxylic acids is 1. The highest BCUT2D eigenvalue weighted by Gasteiger charge is 2.15. The van der Waals surface area contributed by atoms with Crippen LogP contribution in [0.2, 0.25) is 0 Å². The lowest BCUT2D eigenvalue weighted by Gasteiger charge is -2.07. The summed E-state index contributed by atoms with van der Waals surface area (Å²) in [5.74, 6) is -1.04. The summed E-state index contributed by atoms with van der Waals surface area (Å²) in [5.41, 5.74) is 0.664. The van der Waals surface area contributed by atoms with Gasteiger partial charge in [-0.25, -0.2) is 4.39 Å². The summed E-state index contributed by atoms with van der Waals surface area (Å²) < 4.78 is 18.5. The summed E-state index contributed by atoms with van der Waals surface area (Å²) in [6.07, 6.45) is -0.0871. The van der Waals surface area contributed by atoms with Crippen molar-refractivity contribution >= 4 is 21.9 Å². The monoisotopic (exact) mass is 299 g/mol. The molecule has 5 heteroatoms. The van der Waals surface area contributed by atoms with Gasteiger partial charge in [0.05, 0.1) is 18.6 Å². The van der Waals surface area contributed by atoms with Crippen molar-refractivity contribution in [1.82, 2.24) is 0 Å². The van der Waals surface area contributed by atoms with E-state index in [1.807, 2.05) is 0 Å². The summed E-state index contributed by atoms with van der Waals surface area (Å²) in [4.78, 5) is 11.3. The number of ether oxygens (including phenoxy) is 1. The third kappa shape index (κ3) is 3.27. The number of rotatable bonds is 4. The summed E-state index contributed by atoms with van der Waals surface area (Å²) in [5, 5.41) is 9.23. The zero-order valence-electron chi connectivity index (χ0n) is 9.30. The Balaban J connectivity index is 3.06. The molecule has 17 heavy (non-hydrogen) atoms. The number of hydrogen-bond donors (Lipinski definition) is 0. The maximum Gasteiger partial charge on any atom is 0.310 e. The Morgan fingerprint density at radius 3 is 2.71 bits per heavy atom. The molecule has 0 amide bonds. The second-order valence-corrected chi connectivity index (χ2v) is 3.86. The van der Waals surface area contributed by atoms with Gasteiger partial charge in [0.25, 0.3) is 0 Å². The van der Waals surface area contributed by atoms with Gasteiger partial charge in [0.1, 0.15) is 11.9 Å². The minimum absolute atomic E-state index is 0.0871. The van der Waals surface area contributed by atoms with Crippen LogP contribution in [0.25, 0.3) is 0 Å². The highest BCUT2D eigenvalue weighted by Crippen LogP contribution is 2.20. The lowest BCUT2D eigenvalue weighted by Crippen LogP contribution is -2.10. The first-order valence-corrected chi connectivity index (χ1v) is 6.18. The molecule has 1 aromatic carbocycles. The summed E-state index contributed by atoms with van der Waals surface area (Å²) >= 11 is 3.13. The third-order valence-electron chi connectivity index (χ3n) is 2.20. The number of hydrogen-bond acceptors (Lipinski definition) is 3. The molecule has 0 fully saturated rings. The van der Waals surface area contributed by atoms with Crippen LogP contribution in [-0.4, -0.2) is 12.6 Å². The molecule has 1 aromatic rings. The van der Waals surface area contributed by atoms with Gasteiger partial charge >= 0.3 is 5.97 Å². The van der Waals surface area contributed by atoms with E-state index >= 15 is 0 Å². The normalized spacial score (nSPS) is 9.76. The molecule has 3 nitrogen and oxygen atoms in total. The van der Waals surface area contributed by atoms with Crippen LogP contribution in [0.4, 0.5) is 4.39 Å². The molecular weight excluding hydrogens is 289 g/mol. The number of esters is 1. The van der Waals surface area contributed by atoms with Gasteiger partial charge in [0.15, 0.2) is 0 Å². The van der Waals surface area contributed by atoms with Crippen molar-refractivity contribution in [3.63, 3.8) is 0 Å². The number of benzene rings is 1. The van der Waals surface area contributed by atoms with Crippen molar-refractivity contribution in [2.24, 2.45) is 0 Å². The van der Waals surface area contributed by atoms with Crippen LogP contribution in [-0.2, 0) is 21.3 Å². The maximum absolute atomic E-state index is 13.8. The lowest BCUT2D eigenvalue weighted by molar-refractivity contribution is -0.142. The maximum atomic E-state index is 13.8. The van der Waals surface area contributed by atoms with Gasteiger partial charge in [0, 0.05) is 5.33 Å². The third-order valence-corrected chi connectivity index (χ3v) is 2.81. The molecule has 0 radical (unpaired) electrons. The first-order valence-electron chi connectivity index (χ1n) is 5.06. The number of nitrogens with zero attached hydrogens (tertiary/aromatic N) is 1. The van der Waals surface area contributed by atoms with Gasteiger partial charge < -0.3 is 4.74 Å². The van der Waals surface area contributed by atoms with Crippen LogP contribution in [0.3, 0.4) is 0 Å². The Bertz CT molecular complexity index is 468. The average Bonchev–Trinajstić information content (AvgIpc) is 2.30. The first-order chi connectivity index (χ1) is 8.13. The van der Waals surface area contributed by atoms with E-state index < -0.39 is 11.8 Å². The fourth-order valence-electron chi connectivity index (χ4n) is 1.40. The summed E-state index contributed by atoms with van der Waals surface area (Å²) in [6.45, 7) is 1.96. The SMILES string of the molecule is CCOC(=O)Cc1ccc(CBr)c(F)c1C#N. The van der Waals surface area contributed by atoms with Crippen molar-refractivity contribution < 1.29 is 13.9 Å². The number of halogens is 2. The molecular formula is C12H11BrFNO2. The number of nitriles is 1. The van der Waals surface area contributed by atoms with E-state index in [1.54, 1.807) is 25.1 Å². The molecule has 0 unspecified atom stereocenters. The van der Waals surface area contributed by atoms with Crippen molar-refractivity contribution in [1.29, 1.82) is 5.26 Å². The fraction of sp³-hybridized carbons (Fsp3) is 0.333. The summed E-state index contributed by atoms with van der Waals surface area (Å²) in [7, 11) is 0. The molecule has 0 aliphatic carbocycles. The molecule has 0 bridgehead atoms. The largest absolute Gasteiger partial charge is 0.466 e. The molecule has 0 aliphatic heterocycles. The number of alkyl halides is 1. The molecule has 0 aromatic heterocycles. The Kier molecular flexibility index (Phi) is 5.11. The Morgan fingerprint density at radius 1 is 1.53 bits per heavy atom.